The highest BCUT2D eigenvalue weighted by Gasteiger charge is 2.20. The summed E-state index contributed by atoms with van der Waals surface area (Å²) >= 11 is 0. The van der Waals surface area contributed by atoms with Gasteiger partial charge in [-0.05, 0) is 48.2 Å². The molecule has 0 aliphatic rings. The van der Waals surface area contributed by atoms with E-state index in [1.54, 1.807) is 12.4 Å². The van der Waals surface area contributed by atoms with Gasteiger partial charge in [-0.2, -0.15) is 5.10 Å². The number of rotatable bonds is 6. The summed E-state index contributed by atoms with van der Waals surface area (Å²) in [6.07, 6.45) is 5.36. The number of carbonyl (C=O) groups excluding carboxylic acids is 1. The molecule has 0 bridgehead atoms. The largest absolute Gasteiger partial charge is 0.340 e. The lowest BCUT2D eigenvalue weighted by atomic mass is 9.95. The molecular formula is C20H22N4O. The molecule has 0 aliphatic carbocycles. The van der Waals surface area contributed by atoms with Crippen LogP contribution in [0.4, 0.5) is 0 Å². The summed E-state index contributed by atoms with van der Waals surface area (Å²) in [4.78, 5) is 16.8. The summed E-state index contributed by atoms with van der Waals surface area (Å²) in [5.74, 6) is -0.191. The molecule has 2 N–H and O–H groups in total. The number of amides is 1. The van der Waals surface area contributed by atoms with Gasteiger partial charge in [0.25, 0.3) is 5.91 Å². The molecule has 128 valence electrons. The average Bonchev–Trinajstić information content (AvgIpc) is 3.10. The minimum absolute atomic E-state index is 0.191. The number of aromatic amines is 1. The third kappa shape index (κ3) is 3.94. The van der Waals surface area contributed by atoms with Gasteiger partial charge >= 0.3 is 0 Å². The lowest BCUT2D eigenvalue weighted by molar-refractivity contribution is 0.0938. The van der Waals surface area contributed by atoms with Gasteiger partial charge in [-0.15, -0.1) is 0 Å². The van der Waals surface area contributed by atoms with E-state index in [4.69, 9.17) is 0 Å². The molecule has 3 aromatic rings. The van der Waals surface area contributed by atoms with Crippen molar-refractivity contribution in [3.8, 4) is 0 Å². The number of nitrogens with zero attached hydrogens (tertiary/aromatic N) is 2. The van der Waals surface area contributed by atoms with Gasteiger partial charge in [-0.3, -0.25) is 14.9 Å². The molecule has 0 radical (unpaired) electrons. The van der Waals surface area contributed by atoms with E-state index >= 15 is 0 Å². The molecule has 5 nitrogen and oxygen atoms in total. The fourth-order valence-corrected chi connectivity index (χ4v) is 2.89. The number of nitrogens with one attached hydrogen (secondary N) is 2. The van der Waals surface area contributed by atoms with Gasteiger partial charge in [0.15, 0.2) is 0 Å². The summed E-state index contributed by atoms with van der Waals surface area (Å²) in [5.41, 5.74) is 4.56. The molecule has 0 fully saturated rings. The number of benzene rings is 1. The first-order valence-electron chi connectivity index (χ1n) is 8.49. The van der Waals surface area contributed by atoms with Crippen LogP contribution in [0.5, 0.6) is 0 Å². The normalized spacial score (nSPS) is 11.9. The monoisotopic (exact) mass is 334 g/mol. The third-order valence-electron chi connectivity index (χ3n) is 4.20. The Morgan fingerprint density at radius 3 is 2.68 bits per heavy atom. The van der Waals surface area contributed by atoms with Crippen molar-refractivity contribution in [2.24, 2.45) is 0 Å². The zero-order valence-electron chi connectivity index (χ0n) is 14.5. The second kappa shape index (κ2) is 7.75. The topological polar surface area (TPSA) is 70.7 Å². The quantitative estimate of drug-likeness (QED) is 0.724. The zero-order chi connectivity index (χ0) is 17.6. The van der Waals surface area contributed by atoms with Crippen molar-refractivity contribution in [2.45, 2.75) is 32.7 Å². The van der Waals surface area contributed by atoms with Gasteiger partial charge in [0.05, 0.1) is 6.04 Å². The van der Waals surface area contributed by atoms with Crippen LogP contribution in [-0.4, -0.2) is 21.1 Å². The fourth-order valence-electron chi connectivity index (χ4n) is 2.89. The maximum atomic E-state index is 12.7. The maximum absolute atomic E-state index is 12.7. The van der Waals surface area contributed by atoms with Crippen LogP contribution in [0.1, 0.15) is 52.3 Å². The SMILES string of the molecule is CCCc1cc(C(=O)NC(c2ccncc2)c2ccccc2C)n[nH]1. The number of hydrogen-bond donors (Lipinski definition) is 2. The molecule has 3 rings (SSSR count). The van der Waals surface area contributed by atoms with E-state index in [1.165, 1.54) is 0 Å². The molecule has 1 aromatic carbocycles. The molecule has 0 saturated carbocycles. The van der Waals surface area contributed by atoms with Crippen LogP contribution in [-0.2, 0) is 6.42 Å². The predicted molar refractivity (Wildman–Crippen MR) is 97.3 cm³/mol. The molecule has 25 heavy (non-hydrogen) atoms. The first kappa shape index (κ1) is 16.9. The minimum Gasteiger partial charge on any atom is -0.340 e. The fraction of sp³-hybridized carbons (Fsp3) is 0.250. The highest BCUT2D eigenvalue weighted by Crippen LogP contribution is 2.24. The maximum Gasteiger partial charge on any atom is 0.272 e. The lowest BCUT2D eigenvalue weighted by Crippen LogP contribution is -2.30. The Hall–Kier alpha value is -2.95. The van der Waals surface area contributed by atoms with Crippen LogP contribution < -0.4 is 5.32 Å². The van der Waals surface area contributed by atoms with E-state index in [0.29, 0.717) is 5.69 Å². The minimum atomic E-state index is -0.247. The summed E-state index contributed by atoms with van der Waals surface area (Å²) in [6.45, 7) is 4.14. The second-order valence-electron chi connectivity index (χ2n) is 6.07. The summed E-state index contributed by atoms with van der Waals surface area (Å²) < 4.78 is 0. The first-order chi connectivity index (χ1) is 12.2. The predicted octanol–water partition coefficient (Wildman–Crippen LogP) is 3.59. The van der Waals surface area contributed by atoms with Crippen molar-refractivity contribution in [3.05, 3.63) is 82.9 Å². The molecular weight excluding hydrogens is 312 g/mol. The van der Waals surface area contributed by atoms with Gasteiger partial charge in [0.1, 0.15) is 5.69 Å². The molecule has 2 heterocycles. The van der Waals surface area contributed by atoms with Crippen LogP contribution in [0.2, 0.25) is 0 Å². The Kier molecular flexibility index (Phi) is 5.23. The van der Waals surface area contributed by atoms with Crippen LogP contribution in [0, 0.1) is 6.92 Å². The van der Waals surface area contributed by atoms with E-state index in [0.717, 1.165) is 35.2 Å². The number of pyridine rings is 1. The number of carbonyl (C=O) groups is 1. The molecule has 2 aromatic heterocycles. The summed E-state index contributed by atoms with van der Waals surface area (Å²) in [5, 5.41) is 10.2. The highest BCUT2D eigenvalue weighted by atomic mass is 16.2. The Labute approximate surface area is 147 Å². The van der Waals surface area contributed by atoms with Gasteiger partial charge in [-0.25, -0.2) is 0 Å². The van der Waals surface area contributed by atoms with Crippen molar-refractivity contribution in [1.29, 1.82) is 0 Å². The summed E-state index contributed by atoms with van der Waals surface area (Å²) in [7, 11) is 0. The molecule has 1 unspecified atom stereocenters. The van der Waals surface area contributed by atoms with Crippen molar-refractivity contribution in [3.63, 3.8) is 0 Å². The van der Waals surface area contributed by atoms with E-state index in [-0.39, 0.29) is 11.9 Å². The van der Waals surface area contributed by atoms with E-state index in [2.05, 4.69) is 27.4 Å². The number of hydrogen-bond acceptors (Lipinski definition) is 3. The molecule has 1 atom stereocenters. The highest BCUT2D eigenvalue weighted by molar-refractivity contribution is 5.92. The van der Waals surface area contributed by atoms with Crippen molar-refractivity contribution in [2.75, 3.05) is 0 Å². The standard InChI is InChI=1S/C20H22N4O/c1-3-6-16-13-18(24-23-16)20(25)22-19(15-9-11-21-12-10-15)17-8-5-4-7-14(17)2/h4-5,7-13,19H,3,6H2,1-2H3,(H,22,25)(H,23,24). The van der Waals surface area contributed by atoms with E-state index in [9.17, 15) is 4.79 Å². The van der Waals surface area contributed by atoms with E-state index < -0.39 is 0 Å². The molecule has 0 aliphatic heterocycles. The molecule has 5 heteroatoms. The lowest BCUT2D eigenvalue weighted by Gasteiger charge is -2.21. The van der Waals surface area contributed by atoms with Crippen LogP contribution >= 0.6 is 0 Å². The smallest absolute Gasteiger partial charge is 0.272 e. The van der Waals surface area contributed by atoms with Gasteiger partial charge in [0, 0.05) is 18.1 Å². The van der Waals surface area contributed by atoms with E-state index in [1.807, 2.05) is 49.4 Å². The summed E-state index contributed by atoms with van der Waals surface area (Å²) in [6, 6.07) is 13.5. The van der Waals surface area contributed by atoms with Gasteiger partial charge in [-0.1, -0.05) is 37.6 Å². The van der Waals surface area contributed by atoms with Crippen LogP contribution in [0.15, 0.2) is 54.9 Å². The van der Waals surface area contributed by atoms with Crippen molar-refractivity contribution < 1.29 is 4.79 Å². The third-order valence-corrected chi connectivity index (χ3v) is 4.20. The zero-order valence-corrected chi connectivity index (χ0v) is 14.5. The van der Waals surface area contributed by atoms with Crippen LogP contribution in [0.25, 0.3) is 0 Å². The van der Waals surface area contributed by atoms with Crippen molar-refractivity contribution >= 4 is 5.91 Å². The first-order valence-corrected chi connectivity index (χ1v) is 8.49. The number of aromatic nitrogens is 3. The van der Waals surface area contributed by atoms with Gasteiger partial charge in [0.2, 0.25) is 0 Å². The molecule has 0 saturated heterocycles. The Morgan fingerprint density at radius 1 is 1.20 bits per heavy atom. The number of aryl methyl sites for hydroxylation is 2. The molecule has 1 amide bonds. The van der Waals surface area contributed by atoms with Gasteiger partial charge < -0.3 is 5.32 Å². The van der Waals surface area contributed by atoms with Crippen LogP contribution in [0.3, 0.4) is 0 Å². The number of H-pyrrole nitrogens is 1. The second-order valence-corrected chi connectivity index (χ2v) is 6.07. The Bertz CT molecular complexity index is 842. The Balaban J connectivity index is 1.90. The van der Waals surface area contributed by atoms with Crippen molar-refractivity contribution in [1.82, 2.24) is 20.5 Å². The molecule has 0 spiro atoms. The average molecular weight is 334 g/mol. The Morgan fingerprint density at radius 2 is 1.96 bits per heavy atom.